The summed E-state index contributed by atoms with van der Waals surface area (Å²) in [4.78, 5) is 43.0. The minimum absolute atomic E-state index is 0.0904. The number of aromatic nitrogens is 1. The molecule has 3 aromatic rings. The van der Waals surface area contributed by atoms with E-state index in [4.69, 9.17) is 16.9 Å². The third kappa shape index (κ3) is 7.24. The van der Waals surface area contributed by atoms with Gasteiger partial charge in [-0.1, -0.05) is 35.9 Å². The minimum Gasteiger partial charge on any atom is -0.351 e. The zero-order chi connectivity index (χ0) is 29.6. The van der Waals surface area contributed by atoms with Gasteiger partial charge >= 0.3 is 0 Å². The van der Waals surface area contributed by atoms with E-state index in [9.17, 15) is 23.2 Å². The largest absolute Gasteiger partial charge is 0.351 e. The van der Waals surface area contributed by atoms with Crippen molar-refractivity contribution in [3.63, 3.8) is 0 Å². The Kier molecular flexibility index (Phi) is 9.30. The molecule has 11 heteroatoms. The van der Waals surface area contributed by atoms with Crippen molar-refractivity contribution >= 4 is 41.3 Å². The fourth-order valence-electron chi connectivity index (χ4n) is 4.90. The van der Waals surface area contributed by atoms with Gasteiger partial charge in [-0.3, -0.25) is 24.2 Å². The first-order valence-corrected chi connectivity index (χ1v) is 13.4. The molecule has 2 fully saturated rings. The molecule has 0 bridgehead atoms. The van der Waals surface area contributed by atoms with Crippen LogP contribution in [-0.2, 0) is 14.4 Å². The van der Waals surface area contributed by atoms with Crippen molar-refractivity contribution in [2.24, 2.45) is 0 Å². The lowest BCUT2D eigenvalue weighted by Gasteiger charge is -2.40. The molecule has 1 saturated heterocycles. The Labute approximate surface area is 241 Å². The standard InChI is InChI=1S/C20H19ClF2N2O2.C10H9N3O/c1-20(23)10-14(11-20)24-19(27)18(16-7-2-3-8-17(16)21)25(12-26)15-6-4-5-13(22)9-15;11-7-8-3-4-12-9(6-8)13-5-1-2-10(13)14/h2-9,12,14,18H,10-11H2,1H3,(H,24,27);3-4,6H,1-2,5H2. The van der Waals surface area contributed by atoms with Crippen molar-refractivity contribution in [3.05, 3.63) is 88.8 Å². The molecule has 8 nitrogen and oxygen atoms in total. The second-order valence-corrected chi connectivity index (χ2v) is 10.5. The Hall–Kier alpha value is -4.36. The van der Waals surface area contributed by atoms with Crippen molar-refractivity contribution in [1.29, 1.82) is 5.26 Å². The number of amides is 3. The number of nitrogens with zero attached hydrogens (tertiary/aromatic N) is 4. The number of hydrogen-bond donors (Lipinski definition) is 1. The van der Waals surface area contributed by atoms with Gasteiger partial charge in [-0.15, -0.1) is 0 Å². The van der Waals surface area contributed by atoms with Gasteiger partial charge in [-0.25, -0.2) is 13.8 Å². The van der Waals surface area contributed by atoms with Gasteiger partial charge in [0, 0.05) is 54.3 Å². The number of nitriles is 1. The zero-order valence-corrected chi connectivity index (χ0v) is 23.0. The molecule has 0 radical (unpaired) electrons. The molecule has 1 N–H and O–H groups in total. The van der Waals surface area contributed by atoms with E-state index in [1.807, 2.05) is 6.07 Å². The maximum atomic E-state index is 13.7. The Balaban J connectivity index is 0.000000231. The van der Waals surface area contributed by atoms with Gasteiger partial charge in [0.2, 0.25) is 18.2 Å². The molecule has 1 aliphatic heterocycles. The topological polar surface area (TPSA) is 106 Å². The second-order valence-electron chi connectivity index (χ2n) is 10.1. The Morgan fingerprint density at radius 1 is 1.24 bits per heavy atom. The molecule has 1 saturated carbocycles. The number of benzene rings is 2. The van der Waals surface area contributed by atoms with Crippen molar-refractivity contribution in [2.75, 3.05) is 16.3 Å². The number of pyridine rings is 1. The molecule has 2 aliphatic rings. The van der Waals surface area contributed by atoms with Gasteiger partial charge in [0.1, 0.15) is 23.3 Å². The molecular weight excluding hydrogens is 552 g/mol. The highest BCUT2D eigenvalue weighted by Crippen LogP contribution is 2.37. The molecule has 41 heavy (non-hydrogen) atoms. The lowest BCUT2D eigenvalue weighted by Crippen LogP contribution is -2.53. The third-order valence-electron chi connectivity index (χ3n) is 6.86. The van der Waals surface area contributed by atoms with Gasteiger partial charge in [0.15, 0.2) is 0 Å². The van der Waals surface area contributed by atoms with Crippen LogP contribution >= 0.6 is 11.6 Å². The second kappa shape index (κ2) is 12.9. The van der Waals surface area contributed by atoms with E-state index in [0.29, 0.717) is 41.3 Å². The first kappa shape index (κ1) is 29.6. The Morgan fingerprint density at radius 2 is 2.00 bits per heavy atom. The SMILES string of the molecule is CC1(F)CC(NC(=O)C(c2ccccc2Cl)N(C=O)c2cccc(F)c2)C1.N#Cc1ccnc(N2CCCC2=O)c1. The smallest absolute Gasteiger partial charge is 0.248 e. The van der Waals surface area contributed by atoms with E-state index < -0.39 is 23.4 Å². The lowest BCUT2D eigenvalue weighted by molar-refractivity contribution is -0.126. The summed E-state index contributed by atoms with van der Waals surface area (Å²) in [6.45, 7) is 2.19. The zero-order valence-electron chi connectivity index (χ0n) is 22.3. The summed E-state index contributed by atoms with van der Waals surface area (Å²) >= 11 is 6.26. The molecule has 5 rings (SSSR count). The molecule has 2 heterocycles. The Bertz CT molecular complexity index is 1470. The number of anilines is 2. The highest BCUT2D eigenvalue weighted by Gasteiger charge is 2.42. The van der Waals surface area contributed by atoms with Crippen LogP contribution in [0.5, 0.6) is 0 Å². The number of carbonyl (C=O) groups excluding carboxylic acids is 3. The lowest BCUT2D eigenvalue weighted by atomic mass is 9.78. The van der Waals surface area contributed by atoms with Crippen LogP contribution in [0.15, 0.2) is 66.9 Å². The van der Waals surface area contributed by atoms with Crippen LogP contribution in [0.2, 0.25) is 5.02 Å². The molecule has 1 unspecified atom stereocenters. The molecule has 2 aromatic carbocycles. The summed E-state index contributed by atoms with van der Waals surface area (Å²) in [6.07, 6.45) is 3.88. The van der Waals surface area contributed by atoms with E-state index in [2.05, 4.69) is 10.3 Å². The summed E-state index contributed by atoms with van der Waals surface area (Å²) in [5.41, 5.74) is -0.149. The van der Waals surface area contributed by atoms with Gasteiger partial charge in [0.05, 0.1) is 11.6 Å². The van der Waals surface area contributed by atoms with E-state index in [0.717, 1.165) is 17.4 Å². The van der Waals surface area contributed by atoms with Gasteiger partial charge in [0.25, 0.3) is 0 Å². The third-order valence-corrected chi connectivity index (χ3v) is 7.21. The summed E-state index contributed by atoms with van der Waals surface area (Å²) in [5.74, 6) is -0.357. The number of rotatable bonds is 7. The molecule has 1 aliphatic carbocycles. The van der Waals surface area contributed by atoms with E-state index >= 15 is 0 Å². The number of halogens is 3. The number of carbonyl (C=O) groups is 3. The normalized spacial score (nSPS) is 20.1. The highest BCUT2D eigenvalue weighted by atomic mass is 35.5. The first-order chi connectivity index (χ1) is 19.6. The van der Waals surface area contributed by atoms with Crippen LogP contribution in [0.1, 0.15) is 49.8 Å². The fraction of sp³-hybridized carbons (Fsp3) is 0.300. The van der Waals surface area contributed by atoms with Gasteiger partial charge < -0.3 is 5.32 Å². The molecule has 0 spiro atoms. The molecular formula is C30H28ClF2N5O3. The maximum Gasteiger partial charge on any atom is 0.248 e. The van der Waals surface area contributed by atoms with Crippen LogP contribution in [-0.4, -0.2) is 41.5 Å². The van der Waals surface area contributed by atoms with E-state index in [1.165, 1.54) is 25.1 Å². The van der Waals surface area contributed by atoms with Crippen molar-refractivity contribution in [2.45, 2.75) is 50.4 Å². The Morgan fingerprint density at radius 3 is 2.61 bits per heavy atom. The van der Waals surface area contributed by atoms with E-state index in [-0.39, 0.29) is 30.5 Å². The van der Waals surface area contributed by atoms with Crippen LogP contribution in [0.25, 0.3) is 0 Å². The summed E-state index contributed by atoms with van der Waals surface area (Å²) < 4.78 is 27.4. The van der Waals surface area contributed by atoms with Crippen LogP contribution < -0.4 is 15.1 Å². The molecule has 212 valence electrons. The summed E-state index contributed by atoms with van der Waals surface area (Å²) in [6, 6.07) is 15.9. The predicted octanol–water partition coefficient (Wildman–Crippen LogP) is 5.27. The van der Waals surface area contributed by atoms with Crippen molar-refractivity contribution in [3.8, 4) is 6.07 Å². The number of nitrogens with one attached hydrogen (secondary N) is 1. The maximum absolute atomic E-state index is 13.7. The first-order valence-electron chi connectivity index (χ1n) is 13.0. The minimum atomic E-state index is -1.30. The molecule has 1 atom stereocenters. The average Bonchev–Trinajstić information content (AvgIpc) is 3.37. The number of hydrogen-bond acceptors (Lipinski definition) is 5. The summed E-state index contributed by atoms with van der Waals surface area (Å²) in [7, 11) is 0. The predicted molar refractivity (Wildman–Crippen MR) is 150 cm³/mol. The van der Waals surface area contributed by atoms with Gasteiger partial charge in [-0.2, -0.15) is 5.26 Å². The molecule has 3 amide bonds. The monoisotopic (exact) mass is 579 g/mol. The quantitative estimate of drug-likeness (QED) is 0.384. The van der Waals surface area contributed by atoms with Crippen LogP contribution in [0.4, 0.5) is 20.3 Å². The number of alkyl halides is 1. The summed E-state index contributed by atoms with van der Waals surface area (Å²) in [5, 5.41) is 11.8. The average molecular weight is 580 g/mol. The highest BCUT2D eigenvalue weighted by molar-refractivity contribution is 6.31. The van der Waals surface area contributed by atoms with E-state index in [1.54, 1.807) is 47.5 Å². The van der Waals surface area contributed by atoms with Crippen molar-refractivity contribution in [1.82, 2.24) is 10.3 Å². The fourth-order valence-corrected chi connectivity index (χ4v) is 5.14. The van der Waals surface area contributed by atoms with Crippen molar-refractivity contribution < 1.29 is 23.2 Å². The van der Waals surface area contributed by atoms with Crippen LogP contribution in [0.3, 0.4) is 0 Å². The van der Waals surface area contributed by atoms with Gasteiger partial charge in [-0.05, 0) is 49.7 Å². The molecule has 1 aromatic heterocycles. The van der Waals surface area contributed by atoms with Crippen LogP contribution in [0, 0.1) is 17.1 Å².